The van der Waals surface area contributed by atoms with Gasteiger partial charge in [-0.1, -0.05) is 0 Å². The van der Waals surface area contributed by atoms with Crippen molar-refractivity contribution in [1.82, 2.24) is 9.03 Å². The molecule has 98 valence electrons. The maximum atomic E-state index is 11.7. The number of ether oxygens (including phenoxy) is 1. The minimum atomic E-state index is -3.56. The molecule has 0 aromatic carbocycles. The van der Waals surface area contributed by atoms with Gasteiger partial charge in [-0.05, 0) is 20.8 Å². The topological polar surface area (TPSA) is 78.9 Å². The van der Waals surface area contributed by atoms with E-state index >= 15 is 0 Å². The van der Waals surface area contributed by atoms with Crippen molar-refractivity contribution in [3.05, 3.63) is 0 Å². The summed E-state index contributed by atoms with van der Waals surface area (Å²) in [5.41, 5.74) is -0.542. The summed E-state index contributed by atoms with van der Waals surface area (Å²) in [7, 11) is -0.704. The van der Waals surface area contributed by atoms with E-state index in [0.29, 0.717) is 0 Å². The molecule has 0 aliphatic rings. The zero-order valence-electron chi connectivity index (χ0n) is 10.5. The molecule has 0 aliphatic heterocycles. The zero-order chi connectivity index (χ0) is 13.0. The van der Waals surface area contributed by atoms with E-state index in [1.165, 1.54) is 14.2 Å². The number of nitrogens with one attached hydrogen (secondary N) is 1. The smallest absolute Gasteiger partial charge is 0.279 e. The number of aliphatic hydroxyl groups is 1. The molecule has 0 heterocycles. The molecule has 0 saturated heterocycles. The van der Waals surface area contributed by atoms with E-state index in [1.54, 1.807) is 20.8 Å². The van der Waals surface area contributed by atoms with Gasteiger partial charge >= 0.3 is 0 Å². The van der Waals surface area contributed by atoms with Gasteiger partial charge in [0, 0.05) is 26.2 Å². The van der Waals surface area contributed by atoms with Crippen LogP contribution in [-0.2, 0) is 14.9 Å². The lowest BCUT2D eigenvalue weighted by Gasteiger charge is -2.26. The summed E-state index contributed by atoms with van der Waals surface area (Å²) in [5.74, 6) is 0. The first-order chi connectivity index (χ1) is 7.08. The normalized spacial score (nSPS) is 15.4. The van der Waals surface area contributed by atoms with Crippen molar-refractivity contribution in [3.63, 3.8) is 0 Å². The minimum Gasteiger partial charge on any atom is -0.389 e. The van der Waals surface area contributed by atoms with E-state index in [4.69, 9.17) is 4.74 Å². The van der Waals surface area contributed by atoms with Crippen LogP contribution in [0.3, 0.4) is 0 Å². The first-order valence-corrected chi connectivity index (χ1v) is 6.45. The minimum absolute atomic E-state index is 0.000741. The average molecular weight is 254 g/mol. The third kappa shape index (κ3) is 6.39. The van der Waals surface area contributed by atoms with Crippen LogP contribution in [0.5, 0.6) is 0 Å². The number of methoxy groups -OCH3 is 1. The molecule has 6 nitrogen and oxygen atoms in total. The maximum absolute atomic E-state index is 11.7. The van der Waals surface area contributed by atoms with E-state index < -0.39 is 21.9 Å². The molecule has 0 saturated carbocycles. The predicted molar refractivity (Wildman–Crippen MR) is 62.3 cm³/mol. The van der Waals surface area contributed by atoms with Crippen LogP contribution in [0.2, 0.25) is 0 Å². The molecule has 0 radical (unpaired) electrons. The molecule has 0 amide bonds. The lowest BCUT2D eigenvalue weighted by molar-refractivity contribution is 0.0551. The molecule has 0 bridgehead atoms. The van der Waals surface area contributed by atoms with Gasteiger partial charge in [0.2, 0.25) is 0 Å². The van der Waals surface area contributed by atoms with Crippen molar-refractivity contribution in [1.29, 1.82) is 0 Å². The van der Waals surface area contributed by atoms with Crippen LogP contribution in [0.4, 0.5) is 0 Å². The van der Waals surface area contributed by atoms with Gasteiger partial charge in [0.05, 0.1) is 12.7 Å². The second-order valence-electron chi connectivity index (χ2n) is 4.75. The number of likely N-dealkylation sites (N-methyl/N-ethyl adjacent to an activating group) is 1. The van der Waals surface area contributed by atoms with Gasteiger partial charge < -0.3 is 9.84 Å². The molecule has 0 rings (SSSR count). The standard InChI is InChI=1S/C9H22N2O4S/c1-9(2,3)10-16(13,14)11(4)6-8(12)7-15-5/h8,10,12H,6-7H2,1-5H3. The SMILES string of the molecule is COCC(O)CN(C)S(=O)(=O)NC(C)(C)C. The number of rotatable bonds is 6. The molecule has 16 heavy (non-hydrogen) atoms. The molecular weight excluding hydrogens is 232 g/mol. The summed E-state index contributed by atoms with van der Waals surface area (Å²) in [6.07, 6.45) is -0.827. The van der Waals surface area contributed by atoms with Crippen LogP contribution in [0.1, 0.15) is 20.8 Å². The Hall–Kier alpha value is -0.210. The van der Waals surface area contributed by atoms with Crippen molar-refractivity contribution in [2.45, 2.75) is 32.4 Å². The molecule has 0 aliphatic carbocycles. The fraction of sp³-hybridized carbons (Fsp3) is 1.00. The summed E-state index contributed by atoms with van der Waals surface area (Å²) >= 11 is 0. The van der Waals surface area contributed by atoms with E-state index in [2.05, 4.69) is 4.72 Å². The fourth-order valence-corrected chi connectivity index (χ4v) is 2.40. The first kappa shape index (κ1) is 15.8. The Labute approximate surface area is 97.8 Å². The molecule has 7 heteroatoms. The number of hydrogen-bond acceptors (Lipinski definition) is 4. The molecule has 2 N–H and O–H groups in total. The average Bonchev–Trinajstić information content (AvgIpc) is 1.99. The molecule has 1 unspecified atom stereocenters. The lowest BCUT2D eigenvalue weighted by Crippen LogP contribution is -2.49. The summed E-state index contributed by atoms with van der Waals surface area (Å²) in [4.78, 5) is 0. The Bertz CT molecular complexity index is 297. The van der Waals surface area contributed by atoms with Crippen LogP contribution in [-0.4, -0.2) is 56.8 Å². The quantitative estimate of drug-likeness (QED) is 0.673. The van der Waals surface area contributed by atoms with Crippen molar-refractivity contribution in [2.75, 3.05) is 27.3 Å². The largest absolute Gasteiger partial charge is 0.389 e. The van der Waals surface area contributed by atoms with Crippen LogP contribution in [0, 0.1) is 0 Å². The highest BCUT2D eigenvalue weighted by Crippen LogP contribution is 2.05. The summed E-state index contributed by atoms with van der Waals surface area (Å²) in [5, 5.41) is 9.42. The van der Waals surface area contributed by atoms with Gasteiger partial charge in [0.15, 0.2) is 0 Å². The first-order valence-electron chi connectivity index (χ1n) is 5.01. The van der Waals surface area contributed by atoms with Gasteiger partial charge in [-0.25, -0.2) is 0 Å². The van der Waals surface area contributed by atoms with Crippen LogP contribution >= 0.6 is 0 Å². The second kappa shape index (κ2) is 5.92. The third-order valence-electron chi connectivity index (χ3n) is 1.67. The number of aliphatic hydroxyl groups excluding tert-OH is 1. The zero-order valence-corrected chi connectivity index (χ0v) is 11.3. The van der Waals surface area contributed by atoms with Gasteiger partial charge in [-0.2, -0.15) is 17.4 Å². The summed E-state index contributed by atoms with van der Waals surface area (Å²) < 4.78 is 31.8. The second-order valence-corrected chi connectivity index (χ2v) is 6.52. The highest BCUT2D eigenvalue weighted by molar-refractivity contribution is 7.87. The molecule has 1 atom stereocenters. The predicted octanol–water partition coefficient (Wildman–Crippen LogP) is -0.442. The Balaban J connectivity index is 4.42. The van der Waals surface area contributed by atoms with Crippen molar-refractivity contribution < 1.29 is 18.3 Å². The van der Waals surface area contributed by atoms with Crippen LogP contribution in [0.25, 0.3) is 0 Å². The summed E-state index contributed by atoms with van der Waals surface area (Å²) in [6.45, 7) is 5.37. The van der Waals surface area contributed by atoms with Crippen LogP contribution < -0.4 is 4.72 Å². The summed E-state index contributed by atoms with van der Waals surface area (Å²) in [6, 6.07) is 0. The van der Waals surface area contributed by atoms with Gasteiger partial charge in [0.1, 0.15) is 0 Å². The molecule has 0 aromatic heterocycles. The van der Waals surface area contributed by atoms with E-state index in [9.17, 15) is 13.5 Å². The Morgan fingerprint density at radius 3 is 2.31 bits per heavy atom. The van der Waals surface area contributed by atoms with E-state index in [1.807, 2.05) is 0 Å². The molecule has 0 aromatic rings. The number of nitrogens with zero attached hydrogens (tertiary/aromatic N) is 1. The van der Waals surface area contributed by atoms with Crippen LogP contribution in [0.15, 0.2) is 0 Å². The Morgan fingerprint density at radius 1 is 1.44 bits per heavy atom. The Morgan fingerprint density at radius 2 is 1.94 bits per heavy atom. The monoisotopic (exact) mass is 254 g/mol. The van der Waals surface area contributed by atoms with Crippen molar-refractivity contribution in [3.8, 4) is 0 Å². The van der Waals surface area contributed by atoms with Gasteiger partial charge in [-0.3, -0.25) is 0 Å². The highest BCUT2D eigenvalue weighted by Gasteiger charge is 2.25. The van der Waals surface area contributed by atoms with Crippen molar-refractivity contribution in [2.24, 2.45) is 0 Å². The highest BCUT2D eigenvalue weighted by atomic mass is 32.2. The molecule has 0 fully saturated rings. The molecular formula is C9H22N2O4S. The molecule has 0 spiro atoms. The van der Waals surface area contributed by atoms with Crippen molar-refractivity contribution >= 4 is 10.2 Å². The van der Waals surface area contributed by atoms with E-state index in [0.717, 1.165) is 4.31 Å². The Kier molecular flexibility index (Phi) is 5.85. The lowest BCUT2D eigenvalue weighted by atomic mass is 10.1. The van der Waals surface area contributed by atoms with Gasteiger partial charge in [0.25, 0.3) is 10.2 Å². The third-order valence-corrected chi connectivity index (χ3v) is 3.51. The van der Waals surface area contributed by atoms with E-state index in [-0.39, 0.29) is 13.2 Å². The number of hydrogen-bond donors (Lipinski definition) is 2. The van der Waals surface area contributed by atoms with Gasteiger partial charge in [-0.15, -0.1) is 0 Å². The fourth-order valence-electron chi connectivity index (χ4n) is 1.10. The maximum Gasteiger partial charge on any atom is 0.279 e.